The molecule has 0 radical (unpaired) electrons. The number of H-pyrrole nitrogens is 1. The molecule has 0 unspecified atom stereocenters. The Morgan fingerprint density at radius 2 is 1.84 bits per heavy atom. The van der Waals surface area contributed by atoms with Crippen molar-refractivity contribution in [2.45, 2.75) is 13.5 Å². The summed E-state index contributed by atoms with van der Waals surface area (Å²) in [5.74, 6) is -0.498. The van der Waals surface area contributed by atoms with Crippen LogP contribution in [0.1, 0.15) is 5.82 Å². The van der Waals surface area contributed by atoms with Gasteiger partial charge in [-0.1, -0.05) is 36.4 Å². The second-order valence-electron chi connectivity index (χ2n) is 7.14. The van der Waals surface area contributed by atoms with Crippen LogP contribution in [0, 0.1) is 6.92 Å². The van der Waals surface area contributed by atoms with E-state index in [1.807, 2.05) is 36.4 Å². The number of benzene rings is 2. The number of nitrogens with zero attached hydrogens (tertiary/aromatic N) is 6. The Morgan fingerprint density at radius 3 is 2.66 bits per heavy atom. The number of hydrogen-bond donors (Lipinski definition) is 2. The summed E-state index contributed by atoms with van der Waals surface area (Å²) in [5, 5.41) is 22.8. The SMILES string of the molecule is Cc1nc2c(cnn2-c2ccccc2)c(=O)n1CC(=O)N=Nc1c(O)[nH]c2ccccc12. The molecule has 32 heavy (non-hydrogen) atoms. The van der Waals surface area contributed by atoms with E-state index in [1.165, 1.54) is 10.8 Å². The minimum Gasteiger partial charge on any atom is -0.493 e. The van der Waals surface area contributed by atoms with Crippen molar-refractivity contribution in [1.82, 2.24) is 24.3 Å². The van der Waals surface area contributed by atoms with Crippen molar-refractivity contribution < 1.29 is 9.90 Å². The third kappa shape index (κ3) is 3.23. The zero-order chi connectivity index (χ0) is 22.2. The summed E-state index contributed by atoms with van der Waals surface area (Å²) in [6.45, 7) is 1.30. The van der Waals surface area contributed by atoms with Gasteiger partial charge in [-0.3, -0.25) is 14.2 Å². The van der Waals surface area contributed by atoms with Gasteiger partial charge in [-0.15, -0.1) is 10.2 Å². The van der Waals surface area contributed by atoms with Crippen LogP contribution in [0.15, 0.2) is 75.8 Å². The first-order valence-electron chi connectivity index (χ1n) is 9.78. The average molecular weight is 427 g/mol. The smallest absolute Gasteiger partial charge is 0.284 e. The molecule has 3 aromatic heterocycles. The van der Waals surface area contributed by atoms with Gasteiger partial charge in [0.25, 0.3) is 11.5 Å². The van der Waals surface area contributed by atoms with Gasteiger partial charge in [-0.25, -0.2) is 9.67 Å². The number of amides is 1. The van der Waals surface area contributed by atoms with E-state index in [0.29, 0.717) is 27.8 Å². The lowest BCUT2D eigenvalue weighted by Crippen LogP contribution is -2.26. The third-order valence-corrected chi connectivity index (χ3v) is 5.09. The van der Waals surface area contributed by atoms with Crippen molar-refractivity contribution in [2.75, 3.05) is 0 Å². The predicted octanol–water partition coefficient (Wildman–Crippen LogP) is 3.39. The van der Waals surface area contributed by atoms with E-state index >= 15 is 0 Å². The quantitative estimate of drug-likeness (QED) is 0.425. The molecule has 0 atom stereocenters. The summed E-state index contributed by atoms with van der Waals surface area (Å²) in [5.41, 5.74) is 1.62. The van der Waals surface area contributed by atoms with Gasteiger partial charge in [0.05, 0.1) is 17.4 Å². The van der Waals surface area contributed by atoms with Crippen LogP contribution in [0.25, 0.3) is 27.6 Å². The van der Waals surface area contributed by atoms with Crippen molar-refractivity contribution in [3.05, 3.63) is 77.0 Å². The molecule has 0 spiro atoms. The summed E-state index contributed by atoms with van der Waals surface area (Å²) in [6, 6.07) is 16.5. The van der Waals surface area contributed by atoms with Gasteiger partial charge >= 0.3 is 0 Å². The molecule has 10 heteroatoms. The molecular formula is C22H17N7O3. The number of hydrogen-bond acceptors (Lipinski definition) is 6. The Labute approximate surface area is 180 Å². The van der Waals surface area contributed by atoms with Crippen LogP contribution in [0.2, 0.25) is 0 Å². The highest BCUT2D eigenvalue weighted by Crippen LogP contribution is 2.35. The maximum Gasteiger partial charge on any atom is 0.284 e. The van der Waals surface area contributed by atoms with Gasteiger partial charge in [0.15, 0.2) is 11.3 Å². The number of aromatic nitrogens is 5. The largest absolute Gasteiger partial charge is 0.493 e. The van der Waals surface area contributed by atoms with Crippen molar-refractivity contribution in [3.63, 3.8) is 0 Å². The van der Waals surface area contributed by atoms with E-state index in [2.05, 4.69) is 25.3 Å². The zero-order valence-corrected chi connectivity index (χ0v) is 16.9. The molecule has 3 heterocycles. The normalized spacial score (nSPS) is 11.7. The molecule has 10 nitrogen and oxygen atoms in total. The van der Waals surface area contributed by atoms with E-state index in [-0.39, 0.29) is 18.1 Å². The van der Waals surface area contributed by atoms with Gasteiger partial charge in [-0.05, 0) is 25.1 Å². The van der Waals surface area contributed by atoms with Gasteiger partial charge < -0.3 is 10.1 Å². The molecular weight excluding hydrogens is 410 g/mol. The summed E-state index contributed by atoms with van der Waals surface area (Å²) in [4.78, 5) is 32.7. The Kier molecular flexibility index (Phi) is 4.59. The van der Waals surface area contributed by atoms with E-state index in [0.717, 1.165) is 5.69 Å². The van der Waals surface area contributed by atoms with Crippen LogP contribution in [0.5, 0.6) is 5.88 Å². The van der Waals surface area contributed by atoms with E-state index in [4.69, 9.17) is 0 Å². The van der Waals surface area contributed by atoms with Crippen LogP contribution >= 0.6 is 0 Å². The Hall–Kier alpha value is -4.60. The van der Waals surface area contributed by atoms with Gasteiger partial charge in [0.2, 0.25) is 5.88 Å². The highest BCUT2D eigenvalue weighted by Gasteiger charge is 2.16. The molecule has 0 bridgehead atoms. The number of aromatic amines is 1. The van der Waals surface area contributed by atoms with E-state index in [1.54, 1.807) is 29.8 Å². The molecule has 0 aliphatic heterocycles. The number of aryl methyl sites for hydroxylation is 1. The lowest BCUT2D eigenvalue weighted by Gasteiger charge is -2.08. The van der Waals surface area contributed by atoms with Crippen molar-refractivity contribution in [2.24, 2.45) is 10.2 Å². The van der Waals surface area contributed by atoms with Crippen LogP contribution < -0.4 is 5.56 Å². The first-order chi connectivity index (χ1) is 15.5. The molecule has 5 aromatic rings. The fourth-order valence-corrected chi connectivity index (χ4v) is 3.54. The standard InChI is InChI=1S/C22H17N7O3/c1-13-24-20-16(11-23-29(20)14-7-3-2-4-8-14)22(32)28(13)12-18(30)26-27-19-15-9-5-6-10-17(15)25-21(19)31/h2-11,25,31H,12H2,1H3. The molecule has 0 saturated carbocycles. The molecule has 0 aliphatic carbocycles. The third-order valence-electron chi connectivity index (χ3n) is 5.09. The summed E-state index contributed by atoms with van der Waals surface area (Å²) < 4.78 is 2.81. The molecule has 2 N–H and O–H groups in total. The Morgan fingerprint density at radius 1 is 1.09 bits per heavy atom. The maximum absolute atomic E-state index is 13.0. The lowest BCUT2D eigenvalue weighted by molar-refractivity contribution is -0.118. The molecule has 0 aliphatic rings. The Balaban J connectivity index is 1.46. The van der Waals surface area contributed by atoms with Crippen LogP contribution in [0.3, 0.4) is 0 Å². The highest BCUT2D eigenvalue weighted by molar-refractivity contribution is 5.94. The molecule has 158 valence electrons. The molecule has 0 saturated heterocycles. The van der Waals surface area contributed by atoms with Crippen molar-refractivity contribution in [1.29, 1.82) is 0 Å². The molecule has 0 fully saturated rings. The first kappa shape index (κ1) is 19.4. The topological polar surface area (TPSA) is 131 Å². The minimum absolute atomic E-state index is 0.163. The minimum atomic E-state index is -0.656. The first-order valence-corrected chi connectivity index (χ1v) is 9.78. The van der Waals surface area contributed by atoms with Crippen LogP contribution in [0.4, 0.5) is 5.69 Å². The number of fused-ring (bicyclic) bond motifs is 2. The number of rotatable bonds is 4. The second-order valence-corrected chi connectivity index (χ2v) is 7.14. The summed E-state index contributed by atoms with van der Waals surface area (Å²) in [6.07, 6.45) is 1.43. The number of nitrogens with one attached hydrogen (secondary N) is 1. The zero-order valence-electron chi connectivity index (χ0n) is 16.9. The van der Waals surface area contributed by atoms with Crippen LogP contribution in [-0.2, 0) is 11.3 Å². The molecule has 5 rings (SSSR count). The average Bonchev–Trinajstić information content (AvgIpc) is 3.36. The predicted molar refractivity (Wildman–Crippen MR) is 117 cm³/mol. The number of azo groups is 1. The van der Waals surface area contributed by atoms with Gasteiger partial charge in [0, 0.05) is 5.39 Å². The van der Waals surface area contributed by atoms with E-state index in [9.17, 15) is 14.7 Å². The number of aromatic hydroxyl groups is 1. The number of carbonyl (C=O) groups excluding carboxylic acids is 1. The molecule has 1 amide bonds. The molecule has 2 aromatic carbocycles. The Bertz CT molecular complexity index is 1560. The lowest BCUT2D eigenvalue weighted by atomic mass is 10.2. The summed E-state index contributed by atoms with van der Waals surface area (Å²) in [7, 11) is 0. The fourth-order valence-electron chi connectivity index (χ4n) is 3.54. The van der Waals surface area contributed by atoms with Gasteiger partial charge in [0.1, 0.15) is 17.8 Å². The monoisotopic (exact) mass is 427 g/mol. The maximum atomic E-state index is 13.0. The van der Waals surface area contributed by atoms with E-state index < -0.39 is 11.5 Å². The van der Waals surface area contributed by atoms with Gasteiger partial charge in [-0.2, -0.15) is 5.10 Å². The van der Waals surface area contributed by atoms with Crippen LogP contribution in [-0.4, -0.2) is 35.3 Å². The van der Waals surface area contributed by atoms with Crippen molar-refractivity contribution in [3.8, 4) is 11.6 Å². The summed E-state index contributed by atoms with van der Waals surface area (Å²) >= 11 is 0. The highest BCUT2D eigenvalue weighted by atomic mass is 16.3. The second kappa shape index (κ2) is 7.58. The van der Waals surface area contributed by atoms with Crippen molar-refractivity contribution >= 4 is 33.5 Å². The number of para-hydroxylation sites is 2. The number of carbonyl (C=O) groups is 1. The fraction of sp³-hybridized carbons (Fsp3) is 0.0909.